The highest BCUT2D eigenvalue weighted by atomic mass is 32.2. The number of hydrogen-bond donors (Lipinski definition) is 3. The fourth-order valence-electron chi connectivity index (χ4n) is 2.06. The lowest BCUT2D eigenvalue weighted by Gasteiger charge is -2.04. The van der Waals surface area contributed by atoms with Gasteiger partial charge in [0.15, 0.2) is 0 Å². The molecule has 1 aromatic carbocycles. The van der Waals surface area contributed by atoms with Crippen molar-refractivity contribution in [1.82, 2.24) is 9.71 Å². The van der Waals surface area contributed by atoms with E-state index in [2.05, 4.69) is 9.71 Å². The molecular formula is C13H18N2O3S. The zero-order chi connectivity index (χ0) is 13.9. The van der Waals surface area contributed by atoms with Crippen LogP contribution in [0.1, 0.15) is 11.1 Å². The third-order valence-corrected chi connectivity index (χ3v) is 4.55. The highest BCUT2D eigenvalue weighted by Crippen LogP contribution is 2.20. The fourth-order valence-corrected chi connectivity index (χ4v) is 2.77. The second kappa shape index (κ2) is 5.73. The van der Waals surface area contributed by atoms with Crippen molar-refractivity contribution in [1.29, 1.82) is 0 Å². The Morgan fingerprint density at radius 2 is 2.11 bits per heavy atom. The van der Waals surface area contributed by atoms with E-state index in [-0.39, 0.29) is 12.4 Å². The van der Waals surface area contributed by atoms with Gasteiger partial charge in [-0.25, -0.2) is 13.1 Å². The van der Waals surface area contributed by atoms with Crippen molar-refractivity contribution in [3.63, 3.8) is 0 Å². The van der Waals surface area contributed by atoms with E-state index in [9.17, 15) is 8.42 Å². The molecule has 0 aliphatic carbocycles. The summed E-state index contributed by atoms with van der Waals surface area (Å²) in [5.41, 5.74) is 3.03. The average molecular weight is 282 g/mol. The van der Waals surface area contributed by atoms with E-state index in [0.29, 0.717) is 12.8 Å². The summed E-state index contributed by atoms with van der Waals surface area (Å²) in [4.78, 5) is 3.14. The summed E-state index contributed by atoms with van der Waals surface area (Å²) in [6.07, 6.45) is 2.95. The maximum absolute atomic E-state index is 11.4. The lowest BCUT2D eigenvalue weighted by atomic mass is 10.1. The predicted octanol–water partition coefficient (Wildman–Crippen LogP) is 0.794. The summed E-state index contributed by atoms with van der Waals surface area (Å²) in [5, 5.41) is 10.1. The molecule has 0 saturated carbocycles. The van der Waals surface area contributed by atoms with Crippen molar-refractivity contribution in [3.8, 4) is 0 Å². The van der Waals surface area contributed by atoms with Crippen molar-refractivity contribution in [2.24, 2.45) is 0 Å². The Morgan fingerprint density at radius 3 is 2.79 bits per heavy atom. The number of H-pyrrole nitrogens is 1. The number of benzene rings is 1. The minimum absolute atomic E-state index is 0.0781. The van der Waals surface area contributed by atoms with Gasteiger partial charge in [-0.1, -0.05) is 6.07 Å². The Bertz CT molecular complexity index is 662. The van der Waals surface area contributed by atoms with Crippen LogP contribution in [0, 0.1) is 0 Å². The van der Waals surface area contributed by atoms with Crippen LogP contribution >= 0.6 is 0 Å². The van der Waals surface area contributed by atoms with Gasteiger partial charge in [0, 0.05) is 23.7 Å². The van der Waals surface area contributed by atoms with Crippen molar-refractivity contribution in [2.45, 2.75) is 12.8 Å². The first-order valence-electron chi connectivity index (χ1n) is 6.16. The van der Waals surface area contributed by atoms with Crippen LogP contribution in [0.25, 0.3) is 10.9 Å². The molecule has 2 rings (SSSR count). The van der Waals surface area contributed by atoms with E-state index in [0.717, 1.165) is 22.0 Å². The Balaban J connectivity index is 2.23. The van der Waals surface area contributed by atoms with Crippen LogP contribution in [-0.2, 0) is 22.9 Å². The van der Waals surface area contributed by atoms with Gasteiger partial charge in [-0.05, 0) is 43.1 Å². The molecule has 1 heterocycles. The summed E-state index contributed by atoms with van der Waals surface area (Å²) in [7, 11) is -1.76. The van der Waals surface area contributed by atoms with Crippen LogP contribution in [0.15, 0.2) is 24.4 Å². The van der Waals surface area contributed by atoms with Gasteiger partial charge < -0.3 is 10.1 Å². The van der Waals surface area contributed by atoms with Gasteiger partial charge in [0.2, 0.25) is 10.0 Å². The van der Waals surface area contributed by atoms with Gasteiger partial charge in [0.1, 0.15) is 0 Å². The average Bonchev–Trinajstić information content (AvgIpc) is 2.80. The molecule has 1 aromatic heterocycles. The van der Waals surface area contributed by atoms with Crippen LogP contribution in [0.2, 0.25) is 0 Å². The first-order chi connectivity index (χ1) is 9.05. The fraction of sp³-hybridized carbons (Fsp3) is 0.385. The number of aromatic nitrogens is 1. The van der Waals surface area contributed by atoms with Gasteiger partial charge in [0.25, 0.3) is 0 Å². The van der Waals surface area contributed by atoms with Crippen LogP contribution < -0.4 is 4.72 Å². The summed E-state index contributed by atoms with van der Waals surface area (Å²) >= 11 is 0. The number of aryl methyl sites for hydroxylation is 1. The molecule has 0 radical (unpaired) electrons. The third kappa shape index (κ3) is 3.34. The number of nitrogens with one attached hydrogen (secondary N) is 2. The quantitative estimate of drug-likeness (QED) is 0.733. The molecule has 2 aromatic rings. The van der Waals surface area contributed by atoms with E-state index < -0.39 is 10.0 Å². The Hall–Kier alpha value is -1.37. The zero-order valence-corrected chi connectivity index (χ0v) is 11.6. The number of hydrogen-bond acceptors (Lipinski definition) is 3. The van der Waals surface area contributed by atoms with E-state index >= 15 is 0 Å². The third-order valence-electron chi connectivity index (χ3n) is 3.18. The number of aliphatic hydroxyl groups excluding tert-OH is 1. The lowest BCUT2D eigenvalue weighted by Crippen LogP contribution is -2.23. The second-order valence-corrected chi connectivity index (χ2v) is 6.49. The van der Waals surface area contributed by atoms with E-state index in [1.165, 1.54) is 7.05 Å². The number of aliphatic hydroxyl groups is 1. The topological polar surface area (TPSA) is 82.2 Å². The largest absolute Gasteiger partial charge is 0.396 e. The summed E-state index contributed by atoms with van der Waals surface area (Å²) < 4.78 is 25.1. The molecule has 0 unspecified atom stereocenters. The SMILES string of the molecule is CNS(=O)(=O)CCc1ccc2[nH]cc(CCO)c2c1. The van der Waals surface area contributed by atoms with Gasteiger partial charge in [-0.2, -0.15) is 0 Å². The number of sulfonamides is 1. The molecule has 0 spiro atoms. The molecule has 0 atom stereocenters. The zero-order valence-electron chi connectivity index (χ0n) is 10.8. The van der Waals surface area contributed by atoms with Gasteiger partial charge in [-0.3, -0.25) is 0 Å². The molecule has 0 amide bonds. The minimum atomic E-state index is -3.18. The molecule has 0 aliphatic rings. The molecule has 104 valence electrons. The van der Waals surface area contributed by atoms with E-state index in [1.54, 1.807) is 0 Å². The molecule has 0 aliphatic heterocycles. The second-order valence-electron chi connectivity index (χ2n) is 4.44. The van der Waals surface area contributed by atoms with E-state index in [4.69, 9.17) is 5.11 Å². The molecule has 3 N–H and O–H groups in total. The Kier molecular flexibility index (Phi) is 4.24. The molecule has 6 heteroatoms. The normalized spacial score (nSPS) is 12.1. The lowest BCUT2D eigenvalue weighted by molar-refractivity contribution is 0.300. The van der Waals surface area contributed by atoms with Crippen LogP contribution in [0.4, 0.5) is 0 Å². The standard InChI is InChI=1S/C13H18N2O3S/c1-14-19(17,18)7-5-10-2-3-13-12(8-10)11(4-6-16)9-15-13/h2-3,8-9,14-16H,4-7H2,1H3. The highest BCUT2D eigenvalue weighted by Gasteiger charge is 2.09. The van der Waals surface area contributed by atoms with Gasteiger partial charge >= 0.3 is 0 Å². The summed E-state index contributed by atoms with van der Waals surface area (Å²) in [5.74, 6) is 0.0781. The molecular weight excluding hydrogens is 264 g/mol. The molecule has 0 saturated heterocycles. The van der Waals surface area contributed by atoms with E-state index in [1.807, 2.05) is 24.4 Å². The number of aromatic amines is 1. The summed E-state index contributed by atoms with van der Waals surface area (Å²) in [6.45, 7) is 0.102. The Morgan fingerprint density at radius 1 is 1.32 bits per heavy atom. The maximum atomic E-state index is 11.4. The number of fused-ring (bicyclic) bond motifs is 1. The monoisotopic (exact) mass is 282 g/mol. The van der Waals surface area contributed by atoms with Crippen molar-refractivity contribution in [2.75, 3.05) is 19.4 Å². The molecule has 0 fully saturated rings. The van der Waals surface area contributed by atoms with Crippen LogP contribution in [0.5, 0.6) is 0 Å². The maximum Gasteiger partial charge on any atom is 0.211 e. The van der Waals surface area contributed by atoms with Gasteiger partial charge in [0.05, 0.1) is 5.75 Å². The number of rotatable bonds is 6. The van der Waals surface area contributed by atoms with Gasteiger partial charge in [-0.15, -0.1) is 0 Å². The minimum Gasteiger partial charge on any atom is -0.396 e. The predicted molar refractivity (Wildman–Crippen MR) is 75.6 cm³/mol. The van der Waals surface area contributed by atoms with Crippen molar-refractivity contribution >= 4 is 20.9 Å². The first kappa shape index (κ1) is 14.0. The first-order valence-corrected chi connectivity index (χ1v) is 7.82. The molecule has 19 heavy (non-hydrogen) atoms. The van der Waals surface area contributed by atoms with Crippen LogP contribution in [0.3, 0.4) is 0 Å². The molecule has 0 bridgehead atoms. The Labute approximate surface area is 112 Å². The molecule has 5 nitrogen and oxygen atoms in total. The van der Waals surface area contributed by atoms with Crippen LogP contribution in [-0.4, -0.2) is 37.9 Å². The smallest absolute Gasteiger partial charge is 0.211 e. The van der Waals surface area contributed by atoms with Crippen molar-refractivity contribution < 1.29 is 13.5 Å². The van der Waals surface area contributed by atoms with Crippen molar-refractivity contribution in [3.05, 3.63) is 35.5 Å². The summed E-state index contributed by atoms with van der Waals surface area (Å²) in [6, 6.07) is 5.85. The highest BCUT2D eigenvalue weighted by molar-refractivity contribution is 7.89.